The molecule has 0 spiro atoms. The Morgan fingerprint density at radius 3 is 0.818 bits per heavy atom. The smallest absolute Gasteiger partial charge is 0.255 e. The Kier molecular flexibility index (Phi) is 38.7. The first kappa shape index (κ1) is 105. The Morgan fingerprint density at radius 2 is 0.514 bits per heavy atom. The fourth-order valence-electron chi connectivity index (χ4n) is 22.4. The first-order valence-electron chi connectivity index (χ1n) is 53.8. The van der Waals surface area contributed by atoms with Gasteiger partial charge in [0, 0.05) is 125 Å². The van der Waals surface area contributed by atoms with E-state index in [0.717, 1.165) is 195 Å². The molecule has 7 amide bonds. The van der Waals surface area contributed by atoms with Crippen LogP contribution in [0.15, 0.2) is 419 Å². The van der Waals surface area contributed by atoms with Crippen molar-refractivity contribution in [2.75, 3.05) is 85.1 Å². The van der Waals surface area contributed by atoms with Crippen LogP contribution < -0.4 is 21.3 Å². The van der Waals surface area contributed by atoms with E-state index in [2.05, 4.69) is 332 Å². The summed E-state index contributed by atoms with van der Waals surface area (Å²) in [6.45, 7) is 12.3. The number of nitrogens with zero attached hydrogens (tertiary/aromatic N) is 6. The topological polar surface area (TPSA) is 187 Å². The number of rotatable bonds is 36. The van der Waals surface area contributed by atoms with Crippen molar-refractivity contribution in [2.45, 2.75) is 169 Å². The summed E-state index contributed by atoms with van der Waals surface area (Å²) in [5, 5.41) is 13.1. The molecule has 758 valence electrons. The van der Waals surface area contributed by atoms with Gasteiger partial charge in [-0.05, 0) is 194 Å². The molecular weight excluding hydrogens is 1830 g/mol. The molecule has 148 heavy (non-hydrogen) atoms. The zero-order valence-electron chi connectivity index (χ0n) is 85.2. The molecule has 4 N–H and O–H groups in total. The number of imide groups is 1. The lowest BCUT2D eigenvalue weighted by molar-refractivity contribution is -0.142. The van der Waals surface area contributed by atoms with Gasteiger partial charge >= 0.3 is 0 Å². The maximum Gasteiger partial charge on any atom is 0.255 e. The molecule has 17 nitrogen and oxygen atoms in total. The second-order valence-corrected chi connectivity index (χ2v) is 40.4. The predicted octanol–water partition coefficient (Wildman–Crippen LogP) is 22.6. The van der Waals surface area contributed by atoms with Gasteiger partial charge in [0.25, 0.3) is 5.91 Å². The van der Waals surface area contributed by atoms with E-state index in [1.54, 1.807) is 4.90 Å². The predicted molar refractivity (Wildman–Crippen MR) is 593 cm³/mol. The molecule has 0 bridgehead atoms. The van der Waals surface area contributed by atoms with Gasteiger partial charge in [-0.1, -0.05) is 413 Å². The highest BCUT2D eigenvalue weighted by atomic mass is 16.2. The van der Waals surface area contributed by atoms with Crippen LogP contribution in [-0.4, -0.2) is 180 Å². The summed E-state index contributed by atoms with van der Waals surface area (Å²) in [6.07, 6.45) is 13.0. The molecule has 0 radical (unpaired) electrons. The number of likely N-dealkylation sites (tertiary alicyclic amines) is 5. The lowest BCUT2D eigenvalue weighted by Crippen LogP contribution is -2.49. The van der Waals surface area contributed by atoms with Crippen LogP contribution in [0.4, 0.5) is 0 Å². The summed E-state index contributed by atoms with van der Waals surface area (Å²) in [7, 11) is 0. The molecular formula is C131H142N10O7. The van der Waals surface area contributed by atoms with Gasteiger partial charge in [-0.15, -0.1) is 0 Å². The van der Waals surface area contributed by atoms with Crippen molar-refractivity contribution >= 4 is 41.4 Å². The van der Waals surface area contributed by atoms with E-state index in [9.17, 15) is 33.6 Å². The zero-order chi connectivity index (χ0) is 102. The zero-order valence-corrected chi connectivity index (χ0v) is 85.2. The summed E-state index contributed by atoms with van der Waals surface area (Å²) < 4.78 is 0. The van der Waals surface area contributed by atoms with Gasteiger partial charge < -0.3 is 45.8 Å². The highest BCUT2D eigenvalue weighted by Crippen LogP contribution is 2.38. The third-order valence-corrected chi connectivity index (χ3v) is 30.6. The highest BCUT2D eigenvalue weighted by Gasteiger charge is 2.40. The molecule has 20 rings (SSSR count). The fraction of sp³-hybridized carbons (Fsp3) is 0.305. The summed E-state index contributed by atoms with van der Waals surface area (Å²) in [5.74, 6) is 0.432. The third-order valence-electron chi connectivity index (χ3n) is 30.6. The molecule has 6 heterocycles. The van der Waals surface area contributed by atoms with E-state index in [-0.39, 0.29) is 96.7 Å². The molecule has 0 saturated carbocycles. The van der Waals surface area contributed by atoms with Gasteiger partial charge in [0.15, 0.2) is 0 Å². The number of amides is 7. The second kappa shape index (κ2) is 54.7. The van der Waals surface area contributed by atoms with Crippen molar-refractivity contribution in [3.8, 4) is 0 Å². The van der Waals surface area contributed by atoms with Gasteiger partial charge in [0.05, 0.1) is 11.8 Å². The van der Waals surface area contributed by atoms with Gasteiger partial charge in [-0.2, -0.15) is 0 Å². The van der Waals surface area contributed by atoms with Crippen LogP contribution in [0.3, 0.4) is 0 Å². The number of fused-ring (bicyclic) bond motifs is 1. The normalized spacial score (nSPS) is 16.0. The van der Waals surface area contributed by atoms with Gasteiger partial charge in [-0.25, -0.2) is 0 Å². The van der Waals surface area contributed by atoms with Crippen molar-refractivity contribution < 1.29 is 33.6 Å². The monoisotopic (exact) mass is 1970 g/mol. The Balaban J connectivity index is 0.000000135. The average Bonchev–Trinajstić information content (AvgIpc) is 1.63. The van der Waals surface area contributed by atoms with Crippen LogP contribution in [-0.2, 0) is 41.7 Å². The molecule has 17 heteroatoms. The van der Waals surface area contributed by atoms with E-state index >= 15 is 0 Å². The summed E-state index contributed by atoms with van der Waals surface area (Å²) in [6, 6.07) is 144. The molecule has 5 fully saturated rings. The van der Waals surface area contributed by atoms with Crippen LogP contribution in [0.1, 0.15) is 220 Å². The molecule has 0 aliphatic carbocycles. The van der Waals surface area contributed by atoms with Gasteiger partial charge in [0.2, 0.25) is 35.4 Å². The fourth-order valence-corrected chi connectivity index (χ4v) is 22.4. The van der Waals surface area contributed by atoms with Crippen LogP contribution in [0, 0.1) is 0 Å². The molecule has 14 aromatic rings. The van der Waals surface area contributed by atoms with Crippen LogP contribution in [0.2, 0.25) is 0 Å². The van der Waals surface area contributed by atoms with E-state index in [1.165, 1.54) is 50.1 Å². The number of hydrogen-bond acceptors (Lipinski definition) is 11. The number of carbonyl (C=O) groups excluding carboxylic acids is 7. The molecule has 0 aromatic heterocycles. The standard InChI is InChI=1S/C36H37N3O2.C35H38N2O.C34H36N2O.C26H31N3O3/c40-35(34(29-16-8-3-9-17-29)39-26-30-18-10-11-19-33(30)36(39)41)37-31-20-23-38(24-21-31)25-22-32(27-12-4-1-5-13-27)28-14-6-2-7-15-28;38-35(34(31-19-11-4-12-20-31)27-28-13-5-1-6-14-28)36-32-21-24-37(25-22-32)26-23-33(29-15-7-2-8-16-29)30-17-9-3-10-18-30;37-34(33(29-17-9-3-10-18-29)30-19-11-4-12-20-30)35-31-21-24-36(25-22-31)26-23-32(27-13-5-1-6-14-27)28-15-7-2-8-16-28;30-24(19-29-25(31)11-12-26(29)32)27-22-13-16-28(17-14-22)18-15-23(20-7-3-1-4-8-20)21-9-5-2-6-10-21/h1-19,31-32,34H,20-26H2,(H,37,40);1-20,32-34H,21-27H2,(H,36,38);1-20,31-33H,21-26H2,(H,35,37);1-10,22-23H,11-19H2,(H,27,30). The molecule has 2 unspecified atom stereocenters. The SMILES string of the molecule is O=C(CN1C(=O)CCC1=O)NC1CCN(CCC(c2ccccc2)c2ccccc2)CC1.O=C(NC1CCN(CCC(c2ccccc2)c2ccccc2)CC1)C(Cc1ccccc1)c1ccccc1.O=C(NC1CCN(CCC(c2ccccc2)c2ccccc2)CC1)C(c1ccccc1)N1Cc2ccccc2C1=O.O=C(NC1CCN(CCC(c2ccccc2)c2ccccc2)CC1)C(c1ccccc1)c1ccccc1. The minimum Gasteiger partial charge on any atom is -0.353 e. The van der Waals surface area contributed by atoms with Crippen LogP contribution in [0.5, 0.6) is 0 Å². The first-order chi connectivity index (χ1) is 72.8. The van der Waals surface area contributed by atoms with Gasteiger partial charge in [-0.3, -0.25) is 38.5 Å². The maximum atomic E-state index is 13.8. The number of piperidine rings is 4. The van der Waals surface area contributed by atoms with Crippen molar-refractivity contribution in [2.24, 2.45) is 0 Å². The van der Waals surface area contributed by atoms with E-state index in [1.807, 2.05) is 127 Å². The molecule has 2 atom stereocenters. The number of hydrogen-bond donors (Lipinski definition) is 4. The highest BCUT2D eigenvalue weighted by molar-refractivity contribution is 6.04. The Labute approximate surface area is 875 Å². The minimum atomic E-state index is -0.647. The van der Waals surface area contributed by atoms with Crippen molar-refractivity contribution in [3.63, 3.8) is 0 Å². The van der Waals surface area contributed by atoms with E-state index in [4.69, 9.17) is 0 Å². The van der Waals surface area contributed by atoms with Crippen molar-refractivity contribution in [3.05, 3.63) is 502 Å². The van der Waals surface area contributed by atoms with E-state index in [0.29, 0.717) is 35.8 Å². The lowest BCUT2D eigenvalue weighted by Gasteiger charge is -2.35. The Hall–Kier alpha value is -14.6. The average molecular weight is 1970 g/mol. The number of carbonyl (C=O) groups is 7. The summed E-state index contributed by atoms with van der Waals surface area (Å²) in [5.41, 5.74) is 17.8. The van der Waals surface area contributed by atoms with Crippen LogP contribution >= 0.6 is 0 Å². The first-order valence-corrected chi connectivity index (χ1v) is 53.8. The summed E-state index contributed by atoms with van der Waals surface area (Å²) >= 11 is 0. The van der Waals surface area contributed by atoms with Crippen molar-refractivity contribution in [1.29, 1.82) is 0 Å². The molecule has 14 aromatic carbocycles. The minimum absolute atomic E-state index is 0.0780. The quantitative estimate of drug-likeness (QED) is 0.0274. The Morgan fingerprint density at radius 1 is 0.264 bits per heavy atom. The molecule has 5 saturated heterocycles. The van der Waals surface area contributed by atoms with Crippen molar-refractivity contribution in [1.82, 2.24) is 50.7 Å². The maximum absolute atomic E-state index is 13.8. The number of benzene rings is 14. The third kappa shape index (κ3) is 29.9. The number of nitrogens with one attached hydrogen (secondary N) is 4. The van der Waals surface area contributed by atoms with Gasteiger partial charge in [0.1, 0.15) is 12.6 Å². The summed E-state index contributed by atoms with van der Waals surface area (Å²) in [4.78, 5) is 103. The lowest BCUT2D eigenvalue weighted by atomic mass is 9.88. The molecule has 6 aliphatic heterocycles. The second-order valence-electron chi connectivity index (χ2n) is 40.4. The van der Waals surface area contributed by atoms with E-state index < -0.39 is 6.04 Å². The molecule has 6 aliphatic rings. The largest absolute Gasteiger partial charge is 0.353 e. The Bertz CT molecular complexity index is 6180. The van der Waals surface area contributed by atoms with Crippen LogP contribution in [0.25, 0.3) is 0 Å².